The van der Waals surface area contributed by atoms with Gasteiger partial charge in [-0.05, 0) is 24.4 Å². The average Bonchev–Trinajstić information content (AvgIpc) is 2.29. The second kappa shape index (κ2) is 5.14. The summed E-state index contributed by atoms with van der Waals surface area (Å²) < 4.78 is 0. The molecule has 7 heteroatoms. The smallest absolute Gasteiger partial charge is 0.269 e. The number of amides is 1. The summed E-state index contributed by atoms with van der Waals surface area (Å²) in [5, 5.41) is 19.1. The first-order valence-corrected chi connectivity index (χ1v) is 4.87. The van der Waals surface area contributed by atoms with Crippen molar-refractivity contribution >= 4 is 34.5 Å². The first-order chi connectivity index (χ1) is 7.97. The molecule has 0 aromatic heterocycles. The Morgan fingerprint density at radius 1 is 1.47 bits per heavy atom. The molecule has 0 heterocycles. The van der Waals surface area contributed by atoms with Crippen LogP contribution in [0.2, 0.25) is 0 Å². The Morgan fingerprint density at radius 2 is 2.00 bits per heavy atom. The minimum Gasteiger partial charge on any atom is -0.274 e. The summed E-state index contributed by atoms with van der Waals surface area (Å²) in [5.41, 5.74) is 0.231. The summed E-state index contributed by atoms with van der Waals surface area (Å²) in [6.45, 7) is 1.26. The van der Waals surface area contributed by atoms with Crippen LogP contribution in [0.25, 0.3) is 0 Å². The molecule has 86 valence electrons. The van der Waals surface area contributed by atoms with E-state index in [0.29, 0.717) is 5.69 Å². The van der Waals surface area contributed by atoms with Crippen molar-refractivity contribution in [3.05, 3.63) is 34.4 Å². The fourth-order valence-electron chi connectivity index (χ4n) is 1.22. The Hall–Kier alpha value is -2.33. The van der Waals surface area contributed by atoms with Crippen LogP contribution in [0.3, 0.4) is 0 Å². The lowest BCUT2D eigenvalue weighted by molar-refractivity contribution is -0.384. The molecule has 0 aliphatic rings. The van der Waals surface area contributed by atoms with Gasteiger partial charge < -0.3 is 0 Å². The number of nitro groups is 1. The van der Waals surface area contributed by atoms with E-state index in [1.165, 1.54) is 31.2 Å². The lowest BCUT2D eigenvalue weighted by Crippen LogP contribution is -2.32. The Balaban J connectivity index is 3.13. The Kier molecular flexibility index (Phi) is 3.85. The van der Waals surface area contributed by atoms with Crippen LogP contribution < -0.4 is 4.90 Å². The molecule has 0 radical (unpaired) electrons. The van der Waals surface area contributed by atoms with E-state index in [9.17, 15) is 14.9 Å². The van der Waals surface area contributed by atoms with Crippen molar-refractivity contribution in [2.45, 2.75) is 6.92 Å². The van der Waals surface area contributed by atoms with Gasteiger partial charge >= 0.3 is 0 Å². The number of carbonyl (C=O) groups excluding carboxylic acids is 1. The number of anilines is 1. The molecule has 0 atom stereocenters. The summed E-state index contributed by atoms with van der Waals surface area (Å²) in [6.07, 6.45) is 0. The third-order valence-electron chi connectivity index (χ3n) is 1.93. The highest BCUT2D eigenvalue weighted by atomic mass is 32.1. The maximum Gasteiger partial charge on any atom is 0.269 e. The van der Waals surface area contributed by atoms with Gasteiger partial charge in [0, 0.05) is 19.1 Å². The molecule has 0 fully saturated rings. The van der Waals surface area contributed by atoms with Crippen LogP contribution >= 0.6 is 12.2 Å². The molecular weight excluding hydrogens is 242 g/mol. The molecule has 1 rings (SSSR count). The number of nitriles is 1. The van der Waals surface area contributed by atoms with Crippen LogP contribution in [-0.4, -0.2) is 15.8 Å². The molecular formula is C10H7N3O3S. The van der Waals surface area contributed by atoms with E-state index in [2.05, 4.69) is 0 Å². The van der Waals surface area contributed by atoms with Crippen LogP contribution in [0.4, 0.5) is 11.4 Å². The van der Waals surface area contributed by atoms with Crippen LogP contribution in [-0.2, 0) is 4.79 Å². The molecule has 0 bridgehead atoms. The third kappa shape index (κ3) is 2.83. The monoisotopic (exact) mass is 249 g/mol. The normalized spacial score (nSPS) is 9.18. The van der Waals surface area contributed by atoms with Gasteiger partial charge in [-0.3, -0.25) is 19.8 Å². The van der Waals surface area contributed by atoms with E-state index >= 15 is 0 Å². The molecule has 0 aliphatic carbocycles. The van der Waals surface area contributed by atoms with Crippen molar-refractivity contribution in [3.8, 4) is 6.07 Å². The second-order valence-electron chi connectivity index (χ2n) is 3.04. The van der Waals surface area contributed by atoms with Gasteiger partial charge in [-0.25, -0.2) is 0 Å². The topological polar surface area (TPSA) is 87.2 Å². The van der Waals surface area contributed by atoms with Gasteiger partial charge in [0.15, 0.2) is 4.99 Å². The predicted molar refractivity (Wildman–Crippen MR) is 64.5 cm³/mol. The molecule has 6 nitrogen and oxygen atoms in total. The Bertz CT molecular complexity index is 519. The lowest BCUT2D eigenvalue weighted by Gasteiger charge is -2.17. The van der Waals surface area contributed by atoms with Gasteiger partial charge in [0.05, 0.1) is 10.6 Å². The van der Waals surface area contributed by atoms with Crippen molar-refractivity contribution in [1.29, 1.82) is 5.26 Å². The zero-order valence-corrected chi connectivity index (χ0v) is 9.60. The number of hydrogen-bond donors (Lipinski definition) is 0. The van der Waals surface area contributed by atoms with Gasteiger partial charge in [-0.1, -0.05) is 0 Å². The number of nitrogens with zero attached hydrogens (tertiary/aromatic N) is 3. The third-order valence-corrected chi connectivity index (χ3v) is 2.21. The minimum atomic E-state index is -0.551. The highest BCUT2D eigenvalue weighted by Gasteiger charge is 2.17. The summed E-state index contributed by atoms with van der Waals surface area (Å²) >= 11 is 4.73. The first-order valence-electron chi connectivity index (χ1n) is 4.46. The number of benzene rings is 1. The van der Waals surface area contributed by atoms with Crippen LogP contribution in [0.1, 0.15) is 6.92 Å². The molecule has 0 unspecified atom stereocenters. The first kappa shape index (κ1) is 12.7. The molecule has 1 amide bonds. The number of carbonyl (C=O) groups is 1. The fourth-order valence-corrected chi connectivity index (χ4v) is 1.45. The Morgan fingerprint density at radius 3 is 2.35 bits per heavy atom. The number of rotatable bonds is 2. The molecule has 0 aliphatic heterocycles. The van der Waals surface area contributed by atoms with Gasteiger partial charge in [0.1, 0.15) is 6.07 Å². The summed E-state index contributed by atoms with van der Waals surface area (Å²) in [5.74, 6) is -0.426. The summed E-state index contributed by atoms with van der Waals surface area (Å²) in [4.78, 5) is 22.0. The molecule has 0 spiro atoms. The largest absolute Gasteiger partial charge is 0.274 e. The van der Waals surface area contributed by atoms with Gasteiger partial charge in [-0.2, -0.15) is 5.26 Å². The molecule has 0 saturated heterocycles. The van der Waals surface area contributed by atoms with E-state index in [1.54, 1.807) is 6.07 Å². The molecule has 1 aromatic rings. The van der Waals surface area contributed by atoms with Crippen molar-refractivity contribution in [3.63, 3.8) is 0 Å². The minimum absolute atomic E-state index is 0.0971. The number of thiocarbonyl (C=S) groups is 1. The van der Waals surface area contributed by atoms with E-state index in [1.807, 2.05) is 0 Å². The standard InChI is InChI=1S/C10H7N3O3S/c1-7(14)12(10(17)6-11)8-2-4-9(5-3-8)13(15)16/h2-5H,1H3. The van der Waals surface area contributed by atoms with Gasteiger partial charge in [0.25, 0.3) is 5.69 Å². The highest BCUT2D eigenvalue weighted by Crippen LogP contribution is 2.20. The molecule has 0 N–H and O–H groups in total. The zero-order valence-electron chi connectivity index (χ0n) is 8.78. The van der Waals surface area contributed by atoms with Gasteiger partial charge in [0.2, 0.25) is 5.91 Å². The molecule has 1 aromatic carbocycles. The lowest BCUT2D eigenvalue weighted by atomic mass is 10.2. The van der Waals surface area contributed by atoms with E-state index < -0.39 is 10.8 Å². The summed E-state index contributed by atoms with van der Waals surface area (Å²) in [6, 6.07) is 6.90. The van der Waals surface area contributed by atoms with E-state index in [-0.39, 0.29) is 10.7 Å². The van der Waals surface area contributed by atoms with Crippen LogP contribution in [0, 0.1) is 21.4 Å². The number of non-ortho nitro benzene ring substituents is 1. The van der Waals surface area contributed by atoms with Crippen molar-refractivity contribution in [2.75, 3.05) is 4.90 Å². The van der Waals surface area contributed by atoms with Gasteiger partial charge in [-0.15, -0.1) is 0 Å². The van der Waals surface area contributed by atoms with E-state index in [4.69, 9.17) is 17.5 Å². The van der Waals surface area contributed by atoms with E-state index in [0.717, 1.165) is 4.90 Å². The van der Waals surface area contributed by atoms with Crippen molar-refractivity contribution < 1.29 is 9.72 Å². The average molecular weight is 249 g/mol. The quantitative estimate of drug-likeness (QED) is 0.453. The predicted octanol–water partition coefficient (Wildman–Crippen LogP) is 1.80. The van der Waals surface area contributed by atoms with Crippen molar-refractivity contribution in [2.24, 2.45) is 0 Å². The SMILES string of the molecule is CC(=O)N(C(=S)C#N)c1ccc([N+](=O)[O-])cc1. The zero-order chi connectivity index (χ0) is 13.0. The second-order valence-corrected chi connectivity index (χ2v) is 3.43. The summed E-state index contributed by atoms with van der Waals surface area (Å²) in [7, 11) is 0. The molecule has 17 heavy (non-hydrogen) atoms. The Labute approximate surface area is 102 Å². The number of nitro benzene ring substituents is 1. The maximum absolute atomic E-state index is 11.3. The maximum atomic E-state index is 11.3. The van der Waals surface area contributed by atoms with Crippen LogP contribution in [0.5, 0.6) is 0 Å². The van der Waals surface area contributed by atoms with Crippen LogP contribution in [0.15, 0.2) is 24.3 Å². The fraction of sp³-hybridized carbons (Fsp3) is 0.100. The highest BCUT2D eigenvalue weighted by molar-refractivity contribution is 7.81. The number of hydrogen-bond acceptors (Lipinski definition) is 5. The molecule has 0 saturated carbocycles. The van der Waals surface area contributed by atoms with Crippen molar-refractivity contribution in [1.82, 2.24) is 0 Å².